The molecule has 100 valence electrons. The minimum Gasteiger partial charge on any atom is -0.384 e. The van der Waals surface area contributed by atoms with Gasteiger partial charge in [-0.3, -0.25) is 5.41 Å². The molecule has 0 radical (unpaired) electrons. The molecule has 5 N–H and O–H groups in total. The number of rotatable bonds is 5. The van der Waals surface area contributed by atoms with Gasteiger partial charge >= 0.3 is 0 Å². The summed E-state index contributed by atoms with van der Waals surface area (Å²) < 4.78 is 1.97. The zero-order chi connectivity index (χ0) is 13.1. The number of amidine groups is 1. The Labute approximate surface area is 107 Å². The Morgan fingerprint density at radius 2 is 2.44 bits per heavy atom. The van der Waals surface area contributed by atoms with Gasteiger partial charge in [0.25, 0.3) is 0 Å². The molecule has 2 rings (SSSR count). The number of nitrogen functional groups attached to an aromatic ring is 1. The fourth-order valence-corrected chi connectivity index (χ4v) is 2.50. The second-order valence-corrected chi connectivity index (χ2v) is 4.79. The van der Waals surface area contributed by atoms with E-state index in [1.54, 1.807) is 0 Å². The first-order valence-electron chi connectivity index (χ1n) is 6.49. The zero-order valence-electron chi connectivity index (χ0n) is 11.1. The lowest BCUT2D eigenvalue weighted by Gasteiger charge is -2.13. The van der Waals surface area contributed by atoms with Gasteiger partial charge in [-0.2, -0.15) is 5.10 Å². The summed E-state index contributed by atoms with van der Waals surface area (Å²) in [5.74, 6) is 1.58. The molecular formula is C12H22N6. The highest BCUT2D eigenvalue weighted by molar-refractivity contribution is 6.00. The van der Waals surface area contributed by atoms with Gasteiger partial charge in [0.2, 0.25) is 0 Å². The van der Waals surface area contributed by atoms with Crippen LogP contribution in [0.25, 0.3) is 0 Å². The molecule has 1 aliphatic rings. The first kappa shape index (κ1) is 12.9. The molecule has 1 aromatic heterocycles. The van der Waals surface area contributed by atoms with Gasteiger partial charge in [0.15, 0.2) is 0 Å². The van der Waals surface area contributed by atoms with Crippen molar-refractivity contribution in [2.24, 2.45) is 11.7 Å². The first-order valence-corrected chi connectivity index (χ1v) is 6.49. The van der Waals surface area contributed by atoms with Gasteiger partial charge in [-0.15, -0.1) is 0 Å². The number of anilines is 1. The maximum atomic E-state index is 7.67. The Morgan fingerprint density at radius 3 is 3.00 bits per heavy atom. The third-order valence-electron chi connectivity index (χ3n) is 3.33. The van der Waals surface area contributed by atoms with Crippen LogP contribution in [0.5, 0.6) is 0 Å². The summed E-state index contributed by atoms with van der Waals surface area (Å²) in [4.78, 5) is 0. The van der Waals surface area contributed by atoms with E-state index in [1.807, 2.05) is 18.5 Å². The van der Waals surface area contributed by atoms with Crippen molar-refractivity contribution in [2.45, 2.75) is 26.8 Å². The van der Waals surface area contributed by atoms with E-state index in [-0.39, 0.29) is 5.84 Å². The topological polar surface area (TPSA) is 91.8 Å². The lowest BCUT2D eigenvalue weighted by Crippen LogP contribution is -2.19. The molecule has 1 aromatic rings. The van der Waals surface area contributed by atoms with Crippen molar-refractivity contribution in [1.82, 2.24) is 15.1 Å². The standard InChI is InChI=1S/C12H22N6/c1-3-16-12-10(11(13)14)8(2)17-18(12)7-9-4-5-15-6-9/h9,15-16H,3-7H2,1-2H3,(H3,13,14). The summed E-state index contributed by atoms with van der Waals surface area (Å²) >= 11 is 0. The van der Waals surface area contributed by atoms with Gasteiger partial charge in [-0.05, 0) is 39.3 Å². The zero-order valence-corrected chi connectivity index (χ0v) is 11.1. The van der Waals surface area contributed by atoms with Crippen LogP contribution in [0.3, 0.4) is 0 Å². The van der Waals surface area contributed by atoms with Crippen LogP contribution in [0.4, 0.5) is 5.82 Å². The normalized spacial score (nSPS) is 19.1. The molecule has 6 heteroatoms. The molecule has 0 aromatic carbocycles. The third-order valence-corrected chi connectivity index (χ3v) is 3.33. The van der Waals surface area contributed by atoms with Gasteiger partial charge in [-0.1, -0.05) is 0 Å². The lowest BCUT2D eigenvalue weighted by atomic mass is 10.1. The fourth-order valence-electron chi connectivity index (χ4n) is 2.50. The number of hydrogen-bond acceptors (Lipinski definition) is 4. The van der Waals surface area contributed by atoms with Crippen LogP contribution in [-0.2, 0) is 6.54 Å². The van der Waals surface area contributed by atoms with Gasteiger partial charge in [0.1, 0.15) is 11.7 Å². The van der Waals surface area contributed by atoms with Crippen LogP contribution in [0.15, 0.2) is 0 Å². The van der Waals surface area contributed by atoms with Crippen molar-refractivity contribution in [3.05, 3.63) is 11.3 Å². The number of nitrogens with zero attached hydrogens (tertiary/aromatic N) is 2. The van der Waals surface area contributed by atoms with Crippen LogP contribution in [0, 0.1) is 18.3 Å². The van der Waals surface area contributed by atoms with Crippen LogP contribution < -0.4 is 16.4 Å². The van der Waals surface area contributed by atoms with Crippen molar-refractivity contribution in [3.63, 3.8) is 0 Å². The van der Waals surface area contributed by atoms with E-state index in [4.69, 9.17) is 11.1 Å². The predicted molar refractivity (Wildman–Crippen MR) is 73.1 cm³/mol. The molecule has 18 heavy (non-hydrogen) atoms. The highest BCUT2D eigenvalue weighted by Gasteiger charge is 2.21. The fraction of sp³-hybridized carbons (Fsp3) is 0.667. The predicted octanol–water partition coefficient (Wildman–Crippen LogP) is 0.517. The summed E-state index contributed by atoms with van der Waals surface area (Å²) in [6.07, 6.45) is 1.18. The molecule has 0 bridgehead atoms. The molecule has 0 amide bonds. The molecule has 1 atom stereocenters. The first-order chi connectivity index (χ1) is 8.63. The van der Waals surface area contributed by atoms with E-state index in [0.717, 1.165) is 43.3 Å². The Kier molecular flexibility index (Phi) is 3.86. The highest BCUT2D eigenvalue weighted by Crippen LogP contribution is 2.21. The highest BCUT2D eigenvalue weighted by atomic mass is 15.3. The van der Waals surface area contributed by atoms with Gasteiger partial charge in [-0.25, -0.2) is 4.68 Å². The summed E-state index contributed by atoms with van der Waals surface area (Å²) in [5.41, 5.74) is 7.21. The number of aryl methyl sites for hydroxylation is 1. The molecule has 1 unspecified atom stereocenters. The van der Waals surface area contributed by atoms with Crippen LogP contribution in [0.1, 0.15) is 24.6 Å². The number of hydrogen-bond donors (Lipinski definition) is 4. The molecule has 2 heterocycles. The summed E-state index contributed by atoms with van der Waals surface area (Å²) in [7, 11) is 0. The SMILES string of the molecule is CCNc1c(C(=N)N)c(C)nn1CC1CCNC1. The van der Waals surface area contributed by atoms with Crippen molar-refractivity contribution in [2.75, 3.05) is 25.0 Å². The Morgan fingerprint density at radius 1 is 1.67 bits per heavy atom. The summed E-state index contributed by atoms with van der Waals surface area (Å²) in [6.45, 7) is 7.74. The average molecular weight is 250 g/mol. The van der Waals surface area contributed by atoms with E-state index in [0.29, 0.717) is 5.92 Å². The van der Waals surface area contributed by atoms with Crippen molar-refractivity contribution in [3.8, 4) is 0 Å². The molecule has 1 saturated heterocycles. The largest absolute Gasteiger partial charge is 0.384 e. The van der Waals surface area contributed by atoms with Crippen LogP contribution in [-0.4, -0.2) is 35.3 Å². The van der Waals surface area contributed by atoms with Crippen LogP contribution in [0.2, 0.25) is 0 Å². The summed E-state index contributed by atoms with van der Waals surface area (Å²) in [5, 5.41) is 18.8. The van der Waals surface area contributed by atoms with Crippen molar-refractivity contribution >= 4 is 11.7 Å². The molecular weight excluding hydrogens is 228 g/mol. The van der Waals surface area contributed by atoms with E-state index in [1.165, 1.54) is 6.42 Å². The third kappa shape index (κ3) is 2.48. The number of nitrogens with one attached hydrogen (secondary N) is 3. The maximum Gasteiger partial charge on any atom is 0.135 e. The Hall–Kier alpha value is -1.56. The smallest absolute Gasteiger partial charge is 0.135 e. The van der Waals surface area contributed by atoms with E-state index >= 15 is 0 Å². The molecule has 0 spiro atoms. The monoisotopic (exact) mass is 250 g/mol. The van der Waals surface area contributed by atoms with Gasteiger partial charge in [0.05, 0.1) is 11.3 Å². The number of nitrogens with two attached hydrogens (primary N) is 1. The maximum absolute atomic E-state index is 7.67. The van der Waals surface area contributed by atoms with E-state index in [2.05, 4.69) is 15.7 Å². The second-order valence-electron chi connectivity index (χ2n) is 4.79. The molecule has 6 nitrogen and oxygen atoms in total. The number of aromatic nitrogens is 2. The Bertz CT molecular complexity index is 430. The Balaban J connectivity index is 2.27. The lowest BCUT2D eigenvalue weighted by molar-refractivity contribution is 0.451. The summed E-state index contributed by atoms with van der Waals surface area (Å²) in [6, 6.07) is 0. The molecule has 0 aliphatic carbocycles. The van der Waals surface area contributed by atoms with Gasteiger partial charge < -0.3 is 16.4 Å². The van der Waals surface area contributed by atoms with Crippen molar-refractivity contribution < 1.29 is 0 Å². The molecule has 0 saturated carbocycles. The molecule has 1 fully saturated rings. The van der Waals surface area contributed by atoms with Crippen LogP contribution >= 0.6 is 0 Å². The van der Waals surface area contributed by atoms with Crippen molar-refractivity contribution in [1.29, 1.82) is 5.41 Å². The van der Waals surface area contributed by atoms with E-state index in [9.17, 15) is 0 Å². The second kappa shape index (κ2) is 5.39. The minimum atomic E-state index is 0.0826. The average Bonchev–Trinajstić information content (AvgIpc) is 2.89. The molecule has 1 aliphatic heterocycles. The van der Waals surface area contributed by atoms with E-state index < -0.39 is 0 Å². The van der Waals surface area contributed by atoms with Gasteiger partial charge in [0, 0.05) is 13.1 Å². The minimum absolute atomic E-state index is 0.0826. The quantitative estimate of drug-likeness (QED) is 0.453.